The van der Waals surface area contributed by atoms with E-state index in [1.165, 1.54) is 0 Å². The number of ether oxygens (including phenoxy) is 1. The van der Waals surface area contributed by atoms with Crippen molar-refractivity contribution in [1.82, 2.24) is 10.3 Å². The van der Waals surface area contributed by atoms with Gasteiger partial charge in [-0.25, -0.2) is 0 Å². The number of carbonyl (C=O) groups excluding carboxylic acids is 1. The maximum atomic E-state index is 11.7. The normalized spacial score (nSPS) is 10.1. The van der Waals surface area contributed by atoms with Crippen LogP contribution in [0.15, 0.2) is 48.8 Å². The van der Waals surface area contributed by atoms with E-state index in [1.807, 2.05) is 36.4 Å². The molecule has 1 amide bonds. The summed E-state index contributed by atoms with van der Waals surface area (Å²) in [6.45, 7) is 2.55. The molecular formula is C16H18N2O2. The minimum atomic E-state index is -0.139. The number of amides is 1. The average molecular weight is 270 g/mol. The van der Waals surface area contributed by atoms with E-state index in [-0.39, 0.29) is 12.5 Å². The Hall–Kier alpha value is -2.36. The lowest BCUT2D eigenvalue weighted by Gasteiger charge is -2.10. The lowest BCUT2D eigenvalue weighted by Crippen LogP contribution is -2.28. The lowest BCUT2D eigenvalue weighted by atomic mass is 10.1. The summed E-state index contributed by atoms with van der Waals surface area (Å²) in [5.41, 5.74) is 2.07. The molecule has 1 N–H and O–H groups in total. The van der Waals surface area contributed by atoms with Crippen LogP contribution in [-0.4, -0.2) is 17.5 Å². The van der Waals surface area contributed by atoms with Crippen LogP contribution in [0.3, 0.4) is 0 Å². The third-order valence-electron chi connectivity index (χ3n) is 2.92. The summed E-state index contributed by atoms with van der Waals surface area (Å²) in [5, 5.41) is 2.80. The molecule has 0 fully saturated rings. The van der Waals surface area contributed by atoms with E-state index < -0.39 is 0 Å². The first kappa shape index (κ1) is 14.1. The SMILES string of the molecule is CCc1ccccc1OCC(=O)NCc1cccnc1. The van der Waals surface area contributed by atoms with Crippen molar-refractivity contribution >= 4 is 5.91 Å². The maximum Gasteiger partial charge on any atom is 0.258 e. The van der Waals surface area contributed by atoms with E-state index in [1.54, 1.807) is 12.4 Å². The Labute approximate surface area is 118 Å². The van der Waals surface area contributed by atoms with Crippen molar-refractivity contribution in [2.24, 2.45) is 0 Å². The molecule has 4 heteroatoms. The Kier molecular flexibility index (Phi) is 5.12. The fraction of sp³-hybridized carbons (Fsp3) is 0.250. The Morgan fingerprint density at radius 3 is 2.85 bits per heavy atom. The number of hydrogen-bond acceptors (Lipinski definition) is 3. The molecule has 0 aliphatic rings. The van der Waals surface area contributed by atoms with Gasteiger partial charge >= 0.3 is 0 Å². The van der Waals surface area contributed by atoms with Gasteiger partial charge in [-0.2, -0.15) is 0 Å². The minimum Gasteiger partial charge on any atom is -0.483 e. The predicted molar refractivity (Wildman–Crippen MR) is 77.4 cm³/mol. The van der Waals surface area contributed by atoms with E-state index in [0.29, 0.717) is 6.54 Å². The van der Waals surface area contributed by atoms with Crippen LogP contribution in [0.4, 0.5) is 0 Å². The highest BCUT2D eigenvalue weighted by atomic mass is 16.5. The molecule has 4 nitrogen and oxygen atoms in total. The molecule has 0 radical (unpaired) electrons. The van der Waals surface area contributed by atoms with Crippen LogP contribution in [0, 0.1) is 0 Å². The monoisotopic (exact) mass is 270 g/mol. The Morgan fingerprint density at radius 1 is 1.25 bits per heavy atom. The molecule has 1 heterocycles. The number of para-hydroxylation sites is 1. The molecule has 2 rings (SSSR count). The van der Waals surface area contributed by atoms with Gasteiger partial charge in [-0.1, -0.05) is 31.2 Å². The molecule has 2 aromatic rings. The van der Waals surface area contributed by atoms with Crippen LogP contribution in [0.1, 0.15) is 18.1 Å². The van der Waals surface area contributed by atoms with Gasteiger partial charge in [0.25, 0.3) is 5.91 Å². The van der Waals surface area contributed by atoms with Gasteiger partial charge in [0.15, 0.2) is 6.61 Å². The standard InChI is InChI=1S/C16H18N2O2/c1-2-14-7-3-4-8-15(14)20-12-16(19)18-11-13-6-5-9-17-10-13/h3-10H,2,11-12H2,1H3,(H,18,19). The van der Waals surface area contributed by atoms with E-state index in [2.05, 4.69) is 17.2 Å². The average Bonchev–Trinajstić information content (AvgIpc) is 2.52. The second-order valence-electron chi connectivity index (χ2n) is 4.39. The summed E-state index contributed by atoms with van der Waals surface area (Å²) < 4.78 is 5.55. The van der Waals surface area contributed by atoms with Crippen molar-refractivity contribution in [2.45, 2.75) is 19.9 Å². The first-order valence-electron chi connectivity index (χ1n) is 6.66. The quantitative estimate of drug-likeness (QED) is 0.876. The molecule has 104 valence electrons. The van der Waals surface area contributed by atoms with Gasteiger partial charge in [-0.05, 0) is 29.7 Å². The molecule has 0 aliphatic carbocycles. The summed E-state index contributed by atoms with van der Waals surface area (Å²) in [7, 11) is 0. The molecule has 20 heavy (non-hydrogen) atoms. The summed E-state index contributed by atoms with van der Waals surface area (Å²) in [5.74, 6) is 0.631. The molecule has 0 saturated carbocycles. The van der Waals surface area contributed by atoms with Crippen molar-refractivity contribution in [3.05, 3.63) is 59.9 Å². The Balaban J connectivity index is 1.80. The molecule has 0 saturated heterocycles. The molecule has 0 spiro atoms. The van der Waals surface area contributed by atoms with Gasteiger partial charge in [-0.15, -0.1) is 0 Å². The fourth-order valence-corrected chi connectivity index (χ4v) is 1.83. The fourth-order valence-electron chi connectivity index (χ4n) is 1.83. The number of benzene rings is 1. The summed E-state index contributed by atoms with van der Waals surface area (Å²) in [4.78, 5) is 15.7. The third kappa shape index (κ3) is 4.09. The smallest absolute Gasteiger partial charge is 0.258 e. The van der Waals surface area contributed by atoms with Crippen molar-refractivity contribution < 1.29 is 9.53 Å². The molecule has 0 unspecified atom stereocenters. The number of aromatic nitrogens is 1. The number of nitrogens with zero attached hydrogens (tertiary/aromatic N) is 1. The van der Waals surface area contributed by atoms with Crippen LogP contribution < -0.4 is 10.1 Å². The van der Waals surface area contributed by atoms with Crippen LogP contribution >= 0.6 is 0 Å². The number of pyridine rings is 1. The van der Waals surface area contributed by atoms with Crippen molar-refractivity contribution in [2.75, 3.05) is 6.61 Å². The van der Waals surface area contributed by atoms with Gasteiger partial charge in [-0.3, -0.25) is 9.78 Å². The molecule has 1 aromatic carbocycles. The minimum absolute atomic E-state index is 0.0251. The number of nitrogens with one attached hydrogen (secondary N) is 1. The summed E-state index contributed by atoms with van der Waals surface area (Å²) in [6, 6.07) is 11.5. The number of rotatable bonds is 6. The van der Waals surface area contributed by atoms with E-state index >= 15 is 0 Å². The van der Waals surface area contributed by atoms with E-state index in [9.17, 15) is 4.79 Å². The highest BCUT2D eigenvalue weighted by Gasteiger charge is 2.05. The van der Waals surface area contributed by atoms with Gasteiger partial charge in [0, 0.05) is 18.9 Å². The number of aryl methyl sites for hydroxylation is 1. The molecular weight excluding hydrogens is 252 g/mol. The Morgan fingerprint density at radius 2 is 2.10 bits per heavy atom. The van der Waals surface area contributed by atoms with Crippen LogP contribution in [-0.2, 0) is 17.8 Å². The first-order valence-corrected chi connectivity index (χ1v) is 6.66. The predicted octanol–water partition coefficient (Wildman–Crippen LogP) is 2.34. The van der Waals surface area contributed by atoms with E-state index in [0.717, 1.165) is 23.3 Å². The number of hydrogen-bond donors (Lipinski definition) is 1. The second kappa shape index (κ2) is 7.28. The van der Waals surface area contributed by atoms with Crippen LogP contribution in [0.25, 0.3) is 0 Å². The van der Waals surface area contributed by atoms with Gasteiger partial charge in [0.05, 0.1) is 0 Å². The maximum absolute atomic E-state index is 11.7. The second-order valence-corrected chi connectivity index (χ2v) is 4.39. The highest BCUT2D eigenvalue weighted by molar-refractivity contribution is 5.77. The third-order valence-corrected chi connectivity index (χ3v) is 2.92. The largest absolute Gasteiger partial charge is 0.483 e. The van der Waals surface area contributed by atoms with Crippen molar-refractivity contribution in [1.29, 1.82) is 0 Å². The first-order chi connectivity index (χ1) is 9.79. The lowest BCUT2D eigenvalue weighted by molar-refractivity contribution is -0.123. The molecule has 0 bridgehead atoms. The van der Waals surface area contributed by atoms with E-state index in [4.69, 9.17) is 4.74 Å². The van der Waals surface area contributed by atoms with Gasteiger partial charge in [0.1, 0.15) is 5.75 Å². The van der Waals surface area contributed by atoms with Crippen molar-refractivity contribution in [3.63, 3.8) is 0 Å². The summed E-state index contributed by atoms with van der Waals surface area (Å²) in [6.07, 6.45) is 4.32. The van der Waals surface area contributed by atoms with Crippen LogP contribution in [0.5, 0.6) is 5.75 Å². The zero-order valence-corrected chi connectivity index (χ0v) is 11.5. The topological polar surface area (TPSA) is 51.2 Å². The zero-order chi connectivity index (χ0) is 14.2. The van der Waals surface area contributed by atoms with Crippen molar-refractivity contribution in [3.8, 4) is 5.75 Å². The van der Waals surface area contributed by atoms with Crippen LogP contribution in [0.2, 0.25) is 0 Å². The molecule has 0 atom stereocenters. The molecule has 0 aliphatic heterocycles. The van der Waals surface area contributed by atoms with Gasteiger partial charge in [0.2, 0.25) is 0 Å². The zero-order valence-electron chi connectivity index (χ0n) is 11.5. The highest BCUT2D eigenvalue weighted by Crippen LogP contribution is 2.17. The summed E-state index contributed by atoms with van der Waals surface area (Å²) >= 11 is 0. The van der Waals surface area contributed by atoms with Gasteiger partial charge < -0.3 is 10.1 Å². The Bertz CT molecular complexity index is 555. The molecule has 1 aromatic heterocycles. The number of carbonyl (C=O) groups is 1.